The number of likely N-dealkylation sites (tertiary alicyclic amines) is 1. The third-order valence-electron chi connectivity index (χ3n) is 5.53. The Morgan fingerprint density at radius 1 is 0.963 bits per heavy atom. The van der Waals surface area contributed by atoms with Crippen LogP contribution < -0.4 is 10.6 Å². The van der Waals surface area contributed by atoms with Crippen molar-refractivity contribution in [3.05, 3.63) is 35.9 Å². The Hall–Kier alpha value is -2.37. The van der Waals surface area contributed by atoms with Gasteiger partial charge < -0.3 is 15.5 Å². The number of nitrogens with zero attached hydrogens (tertiary/aromatic N) is 1. The average Bonchev–Trinajstić information content (AvgIpc) is 2.73. The molecule has 0 spiro atoms. The van der Waals surface area contributed by atoms with Gasteiger partial charge in [0, 0.05) is 24.7 Å². The fraction of sp³-hybridized carbons (Fsp3) is 0.571. The van der Waals surface area contributed by atoms with Crippen LogP contribution in [0.5, 0.6) is 0 Å². The highest BCUT2D eigenvalue weighted by Crippen LogP contribution is 2.20. The molecule has 6 nitrogen and oxygen atoms in total. The second kappa shape index (κ2) is 9.53. The van der Waals surface area contributed by atoms with E-state index < -0.39 is 0 Å². The Labute approximate surface area is 160 Å². The Kier molecular flexibility index (Phi) is 6.85. The molecular weight excluding hydrogens is 342 g/mol. The highest BCUT2D eigenvalue weighted by molar-refractivity contribution is 5.96. The second-order valence-electron chi connectivity index (χ2n) is 7.57. The highest BCUT2D eigenvalue weighted by atomic mass is 16.2. The van der Waals surface area contributed by atoms with E-state index >= 15 is 0 Å². The van der Waals surface area contributed by atoms with Crippen LogP contribution in [0.4, 0.5) is 0 Å². The van der Waals surface area contributed by atoms with E-state index in [1.54, 1.807) is 29.2 Å². The minimum atomic E-state index is -0.257. The predicted molar refractivity (Wildman–Crippen MR) is 103 cm³/mol. The molecule has 1 saturated heterocycles. The summed E-state index contributed by atoms with van der Waals surface area (Å²) in [5, 5.41) is 5.85. The van der Waals surface area contributed by atoms with Crippen LogP contribution in [0.1, 0.15) is 55.3 Å². The van der Waals surface area contributed by atoms with Gasteiger partial charge in [-0.3, -0.25) is 14.4 Å². The molecule has 146 valence electrons. The molecule has 3 amide bonds. The average molecular weight is 371 g/mol. The van der Waals surface area contributed by atoms with Gasteiger partial charge in [-0.05, 0) is 37.8 Å². The van der Waals surface area contributed by atoms with E-state index in [4.69, 9.17) is 0 Å². The molecule has 27 heavy (non-hydrogen) atoms. The van der Waals surface area contributed by atoms with Crippen LogP contribution in [0.3, 0.4) is 0 Å². The van der Waals surface area contributed by atoms with Crippen LogP contribution >= 0.6 is 0 Å². The summed E-state index contributed by atoms with van der Waals surface area (Å²) in [6, 6.07) is 9.14. The summed E-state index contributed by atoms with van der Waals surface area (Å²) >= 11 is 0. The smallest absolute Gasteiger partial charge is 0.251 e. The first kappa shape index (κ1) is 19.4. The van der Waals surface area contributed by atoms with Crippen LogP contribution in [0, 0.1) is 5.92 Å². The van der Waals surface area contributed by atoms with Gasteiger partial charge in [0.15, 0.2) is 0 Å². The molecule has 0 radical (unpaired) electrons. The van der Waals surface area contributed by atoms with Crippen molar-refractivity contribution in [3.63, 3.8) is 0 Å². The summed E-state index contributed by atoms with van der Waals surface area (Å²) in [4.78, 5) is 38.8. The quantitative estimate of drug-likeness (QED) is 0.832. The van der Waals surface area contributed by atoms with E-state index in [0.717, 1.165) is 25.7 Å². The molecule has 1 heterocycles. The van der Waals surface area contributed by atoms with Crippen LogP contribution in [0.15, 0.2) is 30.3 Å². The molecule has 3 rings (SSSR count). The Bertz CT molecular complexity index is 656. The van der Waals surface area contributed by atoms with E-state index in [9.17, 15) is 14.4 Å². The van der Waals surface area contributed by atoms with Gasteiger partial charge in [0.05, 0.1) is 12.5 Å². The minimum Gasteiger partial charge on any atom is -0.353 e. The number of nitrogens with one attached hydrogen (secondary N) is 2. The van der Waals surface area contributed by atoms with Gasteiger partial charge in [0.2, 0.25) is 11.8 Å². The number of hydrogen-bond donors (Lipinski definition) is 2. The zero-order chi connectivity index (χ0) is 19.1. The first-order valence-corrected chi connectivity index (χ1v) is 10.0. The van der Waals surface area contributed by atoms with E-state index in [0.29, 0.717) is 24.7 Å². The predicted octanol–water partition coefficient (Wildman–Crippen LogP) is 2.10. The summed E-state index contributed by atoms with van der Waals surface area (Å²) in [7, 11) is 0. The molecule has 2 fully saturated rings. The lowest BCUT2D eigenvalue weighted by molar-refractivity contribution is -0.135. The summed E-state index contributed by atoms with van der Waals surface area (Å²) in [5.41, 5.74) is 0.536. The van der Waals surface area contributed by atoms with Gasteiger partial charge in [0.1, 0.15) is 0 Å². The molecule has 0 unspecified atom stereocenters. The molecule has 1 atom stereocenters. The van der Waals surface area contributed by atoms with Crippen molar-refractivity contribution in [2.45, 2.75) is 51.0 Å². The number of hydrogen-bond acceptors (Lipinski definition) is 3. The third-order valence-corrected chi connectivity index (χ3v) is 5.53. The molecule has 1 aliphatic carbocycles. The van der Waals surface area contributed by atoms with Crippen molar-refractivity contribution in [1.82, 2.24) is 15.5 Å². The third kappa shape index (κ3) is 5.55. The molecule has 0 aromatic heterocycles. The molecule has 6 heteroatoms. The van der Waals surface area contributed by atoms with E-state index in [-0.39, 0.29) is 30.2 Å². The molecule has 0 bridgehead atoms. The van der Waals surface area contributed by atoms with Crippen molar-refractivity contribution >= 4 is 17.7 Å². The van der Waals surface area contributed by atoms with Crippen LogP contribution in [0.25, 0.3) is 0 Å². The fourth-order valence-electron chi connectivity index (χ4n) is 3.94. The van der Waals surface area contributed by atoms with Crippen molar-refractivity contribution in [2.24, 2.45) is 5.92 Å². The van der Waals surface area contributed by atoms with Gasteiger partial charge in [-0.15, -0.1) is 0 Å². The number of carbonyl (C=O) groups excluding carboxylic acids is 3. The zero-order valence-electron chi connectivity index (χ0n) is 15.8. The molecule has 1 aromatic rings. The molecule has 1 aromatic carbocycles. The topological polar surface area (TPSA) is 78.5 Å². The molecule has 2 aliphatic rings. The van der Waals surface area contributed by atoms with Crippen LogP contribution in [0.2, 0.25) is 0 Å². The van der Waals surface area contributed by atoms with Crippen molar-refractivity contribution in [2.75, 3.05) is 19.6 Å². The Morgan fingerprint density at radius 2 is 1.70 bits per heavy atom. The lowest BCUT2D eigenvalue weighted by Crippen LogP contribution is -2.49. The zero-order valence-corrected chi connectivity index (χ0v) is 15.8. The lowest BCUT2D eigenvalue weighted by Gasteiger charge is -2.33. The maximum absolute atomic E-state index is 12.6. The number of rotatable bonds is 5. The number of amides is 3. The van der Waals surface area contributed by atoms with Crippen LogP contribution in [-0.2, 0) is 9.59 Å². The van der Waals surface area contributed by atoms with Gasteiger partial charge in [-0.25, -0.2) is 0 Å². The number of benzene rings is 1. The summed E-state index contributed by atoms with van der Waals surface area (Å²) in [6.07, 6.45) is 7.38. The minimum absolute atomic E-state index is 0.0370. The van der Waals surface area contributed by atoms with Crippen molar-refractivity contribution in [1.29, 1.82) is 0 Å². The standard InChI is InChI=1S/C21H29N3O3/c25-19(14-22-20(26)16-8-3-1-4-9-16)24-13-7-10-17(15-24)21(27)23-18-11-5-2-6-12-18/h1,3-4,8-9,17-18H,2,5-7,10-15H2,(H,22,26)(H,23,27)/t17-/m1/s1. The van der Waals surface area contributed by atoms with Crippen LogP contribution in [-0.4, -0.2) is 48.3 Å². The van der Waals surface area contributed by atoms with E-state index in [1.165, 1.54) is 19.3 Å². The fourth-order valence-corrected chi connectivity index (χ4v) is 3.94. The first-order chi connectivity index (χ1) is 13.1. The van der Waals surface area contributed by atoms with Gasteiger partial charge in [-0.1, -0.05) is 37.5 Å². The van der Waals surface area contributed by atoms with Crippen molar-refractivity contribution in [3.8, 4) is 0 Å². The molecule has 1 aliphatic heterocycles. The second-order valence-corrected chi connectivity index (χ2v) is 7.57. The maximum Gasteiger partial charge on any atom is 0.251 e. The summed E-state index contributed by atoms with van der Waals surface area (Å²) in [6.45, 7) is 1.05. The highest BCUT2D eigenvalue weighted by Gasteiger charge is 2.29. The van der Waals surface area contributed by atoms with Gasteiger partial charge >= 0.3 is 0 Å². The van der Waals surface area contributed by atoms with Gasteiger partial charge in [-0.2, -0.15) is 0 Å². The summed E-state index contributed by atoms with van der Waals surface area (Å²) in [5.74, 6) is -0.454. The number of piperidine rings is 1. The Balaban J connectivity index is 1.46. The van der Waals surface area contributed by atoms with Crippen molar-refractivity contribution < 1.29 is 14.4 Å². The van der Waals surface area contributed by atoms with E-state index in [2.05, 4.69) is 10.6 Å². The molecular formula is C21H29N3O3. The summed E-state index contributed by atoms with van der Waals surface area (Å²) < 4.78 is 0. The molecule has 2 N–H and O–H groups in total. The van der Waals surface area contributed by atoms with Gasteiger partial charge in [0.25, 0.3) is 5.91 Å². The number of carbonyl (C=O) groups is 3. The molecule has 1 saturated carbocycles. The maximum atomic E-state index is 12.6. The first-order valence-electron chi connectivity index (χ1n) is 10.0. The monoisotopic (exact) mass is 371 g/mol. The largest absolute Gasteiger partial charge is 0.353 e. The Morgan fingerprint density at radius 3 is 2.44 bits per heavy atom. The normalized spacial score (nSPS) is 20.7. The van der Waals surface area contributed by atoms with E-state index in [1.807, 2.05) is 6.07 Å². The lowest BCUT2D eigenvalue weighted by atomic mass is 9.93. The SMILES string of the molecule is O=C(NCC(=O)N1CCC[C@@H](C(=O)NC2CCCCC2)C1)c1ccccc1.